The van der Waals surface area contributed by atoms with E-state index in [0.717, 1.165) is 5.56 Å². The second kappa shape index (κ2) is 4.86. The Kier molecular flexibility index (Phi) is 3.77. The predicted octanol–water partition coefficient (Wildman–Crippen LogP) is 3.82. The lowest BCUT2D eigenvalue weighted by atomic mass is 10.0. The van der Waals surface area contributed by atoms with Crippen molar-refractivity contribution >= 4 is 0 Å². The van der Waals surface area contributed by atoms with Crippen LogP contribution in [0.15, 0.2) is 24.3 Å². The van der Waals surface area contributed by atoms with E-state index in [2.05, 4.69) is 63.8 Å². The molecule has 0 N–H and O–H groups in total. The maximum atomic E-state index is 3.19. The van der Waals surface area contributed by atoms with Crippen LogP contribution in [0.3, 0.4) is 0 Å². The van der Waals surface area contributed by atoms with Gasteiger partial charge in [0.25, 0.3) is 0 Å². The van der Waals surface area contributed by atoms with Crippen LogP contribution >= 0.6 is 0 Å². The zero-order valence-corrected chi connectivity index (χ0v) is 9.46. The van der Waals surface area contributed by atoms with Crippen LogP contribution in [0.25, 0.3) is 0 Å². The van der Waals surface area contributed by atoms with Gasteiger partial charge in [-0.1, -0.05) is 51.7 Å². The van der Waals surface area contributed by atoms with Crippen molar-refractivity contribution in [2.45, 2.75) is 33.6 Å². The fourth-order valence-electron chi connectivity index (χ4n) is 1.20. The van der Waals surface area contributed by atoms with Crippen molar-refractivity contribution in [2.75, 3.05) is 0 Å². The van der Waals surface area contributed by atoms with E-state index in [1.54, 1.807) is 0 Å². The number of benzene rings is 1. The zero-order valence-electron chi connectivity index (χ0n) is 9.46. The van der Waals surface area contributed by atoms with Gasteiger partial charge in [-0.2, -0.15) is 0 Å². The van der Waals surface area contributed by atoms with E-state index in [-0.39, 0.29) is 0 Å². The van der Waals surface area contributed by atoms with E-state index in [0.29, 0.717) is 11.8 Å². The van der Waals surface area contributed by atoms with E-state index in [1.807, 2.05) is 0 Å². The molecule has 0 aliphatic carbocycles. The summed E-state index contributed by atoms with van der Waals surface area (Å²) < 4.78 is 0. The molecule has 1 aromatic rings. The van der Waals surface area contributed by atoms with Crippen molar-refractivity contribution in [3.05, 3.63) is 35.4 Å². The van der Waals surface area contributed by atoms with Crippen LogP contribution in [0, 0.1) is 17.8 Å². The highest BCUT2D eigenvalue weighted by atomic mass is 14.0. The van der Waals surface area contributed by atoms with Gasteiger partial charge < -0.3 is 0 Å². The van der Waals surface area contributed by atoms with Crippen LogP contribution in [0.5, 0.6) is 0 Å². The van der Waals surface area contributed by atoms with Gasteiger partial charge in [0.2, 0.25) is 0 Å². The Bertz CT molecular complexity index is 348. The summed E-state index contributed by atoms with van der Waals surface area (Å²) >= 11 is 0. The molecule has 0 fully saturated rings. The Morgan fingerprint density at radius 3 is 2.36 bits per heavy atom. The molecule has 0 spiro atoms. The molecule has 0 bridgehead atoms. The fourth-order valence-corrected chi connectivity index (χ4v) is 1.20. The lowest BCUT2D eigenvalue weighted by Crippen LogP contribution is -1.87. The fraction of sp³-hybridized carbons (Fsp3) is 0.429. The van der Waals surface area contributed by atoms with Gasteiger partial charge >= 0.3 is 0 Å². The highest BCUT2D eigenvalue weighted by Crippen LogP contribution is 2.14. The third-order valence-corrected chi connectivity index (χ3v) is 2.06. The molecule has 0 nitrogen and oxygen atoms in total. The number of hydrogen-bond acceptors (Lipinski definition) is 0. The van der Waals surface area contributed by atoms with Gasteiger partial charge in [0.1, 0.15) is 0 Å². The molecular formula is C14H18. The summed E-state index contributed by atoms with van der Waals surface area (Å²) in [6, 6.07) is 8.49. The minimum absolute atomic E-state index is 0.442. The summed E-state index contributed by atoms with van der Waals surface area (Å²) in [6.07, 6.45) is 0. The SMILES string of the molecule is CC(C)C#Cc1cccc(C(C)C)c1. The molecule has 0 aromatic heterocycles. The Morgan fingerprint density at radius 2 is 1.79 bits per heavy atom. The Morgan fingerprint density at radius 1 is 1.07 bits per heavy atom. The summed E-state index contributed by atoms with van der Waals surface area (Å²) in [7, 11) is 0. The maximum absolute atomic E-state index is 3.19. The summed E-state index contributed by atoms with van der Waals surface area (Å²) in [5, 5.41) is 0. The van der Waals surface area contributed by atoms with Gasteiger partial charge in [-0.05, 0) is 23.6 Å². The topological polar surface area (TPSA) is 0 Å². The first-order valence-electron chi connectivity index (χ1n) is 5.21. The molecule has 1 aromatic carbocycles. The van der Waals surface area contributed by atoms with Crippen molar-refractivity contribution in [1.82, 2.24) is 0 Å². The Hall–Kier alpha value is -1.22. The smallest absolute Gasteiger partial charge is 0.0248 e. The van der Waals surface area contributed by atoms with Gasteiger partial charge in [-0.3, -0.25) is 0 Å². The average Bonchev–Trinajstić information content (AvgIpc) is 2.15. The largest absolute Gasteiger partial charge is 0.0951 e. The maximum Gasteiger partial charge on any atom is 0.0248 e. The van der Waals surface area contributed by atoms with Crippen LogP contribution in [0.4, 0.5) is 0 Å². The Labute approximate surface area is 87.4 Å². The van der Waals surface area contributed by atoms with Gasteiger partial charge in [0.05, 0.1) is 0 Å². The number of hydrogen-bond donors (Lipinski definition) is 0. The minimum Gasteiger partial charge on any atom is -0.0951 e. The monoisotopic (exact) mass is 186 g/mol. The first kappa shape index (κ1) is 10.9. The molecule has 74 valence electrons. The quantitative estimate of drug-likeness (QED) is 0.585. The molecule has 0 atom stereocenters. The van der Waals surface area contributed by atoms with E-state index < -0.39 is 0 Å². The molecule has 0 heteroatoms. The molecule has 0 heterocycles. The van der Waals surface area contributed by atoms with Crippen molar-refractivity contribution in [3.63, 3.8) is 0 Å². The third kappa shape index (κ3) is 3.26. The predicted molar refractivity (Wildman–Crippen MR) is 62.2 cm³/mol. The minimum atomic E-state index is 0.442. The molecule has 0 aliphatic heterocycles. The molecule has 0 unspecified atom stereocenters. The standard InChI is InChI=1S/C14H18/c1-11(2)8-9-13-6-5-7-14(10-13)12(3)4/h5-7,10-12H,1-4H3. The zero-order chi connectivity index (χ0) is 10.6. The molecule has 0 radical (unpaired) electrons. The van der Waals surface area contributed by atoms with E-state index in [9.17, 15) is 0 Å². The normalized spacial score (nSPS) is 10.1. The van der Waals surface area contributed by atoms with Crippen molar-refractivity contribution in [1.29, 1.82) is 0 Å². The molecule has 0 amide bonds. The number of rotatable bonds is 1. The van der Waals surface area contributed by atoms with Crippen LogP contribution in [-0.2, 0) is 0 Å². The van der Waals surface area contributed by atoms with Crippen LogP contribution in [0.1, 0.15) is 44.7 Å². The molecule has 0 saturated carbocycles. The van der Waals surface area contributed by atoms with E-state index in [4.69, 9.17) is 0 Å². The van der Waals surface area contributed by atoms with Crippen LogP contribution in [-0.4, -0.2) is 0 Å². The molecule has 0 saturated heterocycles. The molecule has 14 heavy (non-hydrogen) atoms. The highest BCUT2D eigenvalue weighted by molar-refractivity contribution is 5.38. The summed E-state index contributed by atoms with van der Waals surface area (Å²) in [5.41, 5.74) is 2.49. The van der Waals surface area contributed by atoms with Gasteiger partial charge in [0, 0.05) is 11.5 Å². The van der Waals surface area contributed by atoms with Crippen molar-refractivity contribution in [3.8, 4) is 11.8 Å². The Balaban J connectivity index is 2.91. The van der Waals surface area contributed by atoms with Crippen molar-refractivity contribution in [2.24, 2.45) is 5.92 Å². The molecular weight excluding hydrogens is 168 g/mol. The first-order chi connectivity index (χ1) is 6.59. The van der Waals surface area contributed by atoms with Crippen molar-refractivity contribution < 1.29 is 0 Å². The molecule has 0 aliphatic rings. The third-order valence-electron chi connectivity index (χ3n) is 2.06. The first-order valence-corrected chi connectivity index (χ1v) is 5.21. The second-order valence-corrected chi connectivity index (χ2v) is 4.20. The summed E-state index contributed by atoms with van der Waals surface area (Å²) in [4.78, 5) is 0. The highest BCUT2D eigenvalue weighted by Gasteiger charge is 1.98. The van der Waals surface area contributed by atoms with E-state index in [1.165, 1.54) is 5.56 Å². The lowest BCUT2D eigenvalue weighted by Gasteiger charge is -2.04. The lowest BCUT2D eigenvalue weighted by molar-refractivity contribution is 0.863. The van der Waals surface area contributed by atoms with Gasteiger partial charge in [-0.25, -0.2) is 0 Å². The summed E-state index contributed by atoms with van der Waals surface area (Å²) in [6.45, 7) is 8.63. The van der Waals surface area contributed by atoms with Gasteiger partial charge in [-0.15, -0.1) is 0 Å². The average molecular weight is 186 g/mol. The molecule has 1 rings (SSSR count). The van der Waals surface area contributed by atoms with Gasteiger partial charge in [0.15, 0.2) is 0 Å². The van der Waals surface area contributed by atoms with Crippen LogP contribution < -0.4 is 0 Å². The summed E-state index contributed by atoms with van der Waals surface area (Å²) in [5.74, 6) is 7.39. The van der Waals surface area contributed by atoms with E-state index >= 15 is 0 Å². The van der Waals surface area contributed by atoms with Crippen LogP contribution in [0.2, 0.25) is 0 Å². The second-order valence-electron chi connectivity index (χ2n) is 4.20.